The number of benzene rings is 1. The lowest BCUT2D eigenvalue weighted by Gasteiger charge is -2.02. The lowest BCUT2D eigenvalue weighted by atomic mass is 10.2. The van der Waals surface area contributed by atoms with Gasteiger partial charge in [-0.05, 0) is 31.5 Å². The van der Waals surface area contributed by atoms with Crippen LogP contribution in [0.4, 0.5) is 0 Å². The van der Waals surface area contributed by atoms with Crippen LogP contribution in [0.1, 0.15) is 13.8 Å². The predicted molar refractivity (Wildman–Crippen MR) is 80.8 cm³/mol. The second-order valence-corrected chi connectivity index (χ2v) is 5.87. The fraction of sp³-hybridized carbons (Fsp3) is 0.231. The lowest BCUT2D eigenvalue weighted by molar-refractivity contribution is 0.862. The van der Waals surface area contributed by atoms with Crippen LogP contribution in [0.3, 0.4) is 0 Å². The van der Waals surface area contributed by atoms with Crippen molar-refractivity contribution in [1.82, 2.24) is 4.57 Å². The first-order valence-corrected chi connectivity index (χ1v) is 7.20. The van der Waals surface area contributed by atoms with Gasteiger partial charge in [0.1, 0.15) is 0 Å². The van der Waals surface area contributed by atoms with E-state index >= 15 is 0 Å². The third-order valence-corrected chi connectivity index (χ3v) is 3.84. The normalized spacial score (nSPS) is 11.7. The zero-order valence-corrected chi connectivity index (χ0v) is 12.9. The zero-order chi connectivity index (χ0) is 13.1. The summed E-state index contributed by atoms with van der Waals surface area (Å²) in [5, 5.41) is 10.4. The standard InChI is InChI=1S/C13H14BrN3S/c1-9(2)15-16-13-17(3)12(8-18-13)10-4-6-11(14)7-5-10/h4-8H,1-3H3. The van der Waals surface area contributed by atoms with Gasteiger partial charge in [0, 0.05) is 22.6 Å². The molecule has 0 radical (unpaired) electrons. The highest BCUT2D eigenvalue weighted by Crippen LogP contribution is 2.21. The number of rotatable bonds is 2. The van der Waals surface area contributed by atoms with Crippen molar-refractivity contribution in [1.29, 1.82) is 0 Å². The number of hydrogen-bond acceptors (Lipinski definition) is 3. The average Bonchev–Trinajstić information content (AvgIpc) is 2.69. The molecule has 2 rings (SSSR count). The summed E-state index contributed by atoms with van der Waals surface area (Å²) < 4.78 is 3.14. The van der Waals surface area contributed by atoms with Gasteiger partial charge in [-0.1, -0.05) is 28.1 Å². The lowest BCUT2D eigenvalue weighted by Crippen LogP contribution is -2.10. The summed E-state index contributed by atoms with van der Waals surface area (Å²) >= 11 is 5.04. The van der Waals surface area contributed by atoms with E-state index in [2.05, 4.69) is 48.2 Å². The minimum absolute atomic E-state index is 0.897. The van der Waals surface area contributed by atoms with Crippen LogP contribution < -0.4 is 4.80 Å². The maximum Gasteiger partial charge on any atom is 0.210 e. The molecule has 0 spiro atoms. The molecule has 0 saturated carbocycles. The first-order valence-electron chi connectivity index (χ1n) is 5.53. The third-order valence-electron chi connectivity index (χ3n) is 2.40. The molecule has 1 heterocycles. The summed E-state index contributed by atoms with van der Waals surface area (Å²) in [6.07, 6.45) is 0. The number of thiazole rings is 1. The van der Waals surface area contributed by atoms with Crippen LogP contribution in [0, 0.1) is 0 Å². The minimum Gasteiger partial charge on any atom is -0.318 e. The Kier molecular flexibility index (Phi) is 4.14. The van der Waals surface area contributed by atoms with Crippen molar-refractivity contribution in [3.05, 3.63) is 38.9 Å². The fourth-order valence-electron chi connectivity index (χ4n) is 1.49. The van der Waals surface area contributed by atoms with Crippen molar-refractivity contribution in [2.24, 2.45) is 17.3 Å². The molecule has 0 bridgehead atoms. The van der Waals surface area contributed by atoms with E-state index in [4.69, 9.17) is 0 Å². The molecule has 0 aliphatic heterocycles. The Bertz CT molecular complexity index is 631. The molecule has 1 aromatic heterocycles. The van der Waals surface area contributed by atoms with Crippen LogP contribution in [-0.4, -0.2) is 10.3 Å². The van der Waals surface area contributed by atoms with Gasteiger partial charge < -0.3 is 4.57 Å². The predicted octanol–water partition coefficient (Wildman–Crippen LogP) is 3.81. The Hall–Kier alpha value is -1.20. The zero-order valence-electron chi connectivity index (χ0n) is 10.5. The second-order valence-electron chi connectivity index (χ2n) is 4.12. The molecule has 0 aliphatic rings. The van der Waals surface area contributed by atoms with Crippen molar-refractivity contribution in [2.45, 2.75) is 13.8 Å². The van der Waals surface area contributed by atoms with Crippen LogP contribution in [0.25, 0.3) is 11.3 Å². The third kappa shape index (κ3) is 2.97. The summed E-state index contributed by atoms with van der Waals surface area (Å²) in [5.74, 6) is 0. The number of hydrogen-bond donors (Lipinski definition) is 0. The van der Waals surface area contributed by atoms with Gasteiger partial charge in [-0.2, -0.15) is 5.10 Å². The molecule has 0 unspecified atom stereocenters. The van der Waals surface area contributed by atoms with E-state index < -0.39 is 0 Å². The highest BCUT2D eigenvalue weighted by molar-refractivity contribution is 9.10. The topological polar surface area (TPSA) is 29.6 Å². The molecule has 1 aromatic carbocycles. The maximum atomic E-state index is 4.23. The summed E-state index contributed by atoms with van der Waals surface area (Å²) in [7, 11) is 2.01. The van der Waals surface area contributed by atoms with Crippen molar-refractivity contribution >= 4 is 33.0 Å². The Labute approximate surface area is 119 Å². The van der Waals surface area contributed by atoms with Gasteiger partial charge in [0.15, 0.2) is 0 Å². The molecule has 5 heteroatoms. The molecule has 0 N–H and O–H groups in total. The Morgan fingerprint density at radius 1 is 1.22 bits per heavy atom. The van der Waals surface area contributed by atoms with Gasteiger partial charge >= 0.3 is 0 Å². The molecule has 2 aromatic rings. The molecule has 0 fully saturated rings. The molecular formula is C13H14BrN3S. The van der Waals surface area contributed by atoms with Gasteiger partial charge in [0.05, 0.1) is 5.69 Å². The van der Waals surface area contributed by atoms with Crippen LogP contribution in [-0.2, 0) is 7.05 Å². The Morgan fingerprint density at radius 2 is 1.89 bits per heavy atom. The Morgan fingerprint density at radius 3 is 2.50 bits per heavy atom. The average molecular weight is 324 g/mol. The molecule has 0 amide bonds. The van der Waals surface area contributed by atoms with E-state index in [1.165, 1.54) is 5.56 Å². The fourth-order valence-corrected chi connectivity index (χ4v) is 2.61. The summed E-state index contributed by atoms with van der Waals surface area (Å²) in [6.45, 7) is 3.87. The number of nitrogens with zero attached hydrogens (tertiary/aromatic N) is 3. The monoisotopic (exact) mass is 323 g/mol. The number of halogens is 1. The van der Waals surface area contributed by atoms with Crippen LogP contribution in [0.15, 0.2) is 44.3 Å². The van der Waals surface area contributed by atoms with Crippen molar-refractivity contribution < 1.29 is 0 Å². The van der Waals surface area contributed by atoms with Crippen LogP contribution in [0.2, 0.25) is 0 Å². The van der Waals surface area contributed by atoms with Crippen molar-refractivity contribution in [3.63, 3.8) is 0 Å². The first-order chi connectivity index (χ1) is 8.58. The van der Waals surface area contributed by atoms with E-state index in [-0.39, 0.29) is 0 Å². The SMILES string of the molecule is CC(C)=NN=c1scc(-c2ccc(Br)cc2)n1C. The summed E-state index contributed by atoms with van der Waals surface area (Å²) in [5.41, 5.74) is 3.28. The minimum atomic E-state index is 0.897. The van der Waals surface area contributed by atoms with Crippen molar-refractivity contribution in [2.75, 3.05) is 0 Å². The highest BCUT2D eigenvalue weighted by atomic mass is 79.9. The molecule has 94 valence electrons. The molecule has 3 nitrogen and oxygen atoms in total. The van der Waals surface area contributed by atoms with Gasteiger partial charge in [0.2, 0.25) is 4.80 Å². The number of aromatic nitrogens is 1. The molecular weight excluding hydrogens is 310 g/mol. The van der Waals surface area contributed by atoms with Gasteiger partial charge in [-0.3, -0.25) is 0 Å². The maximum absolute atomic E-state index is 4.23. The second kappa shape index (κ2) is 5.63. The van der Waals surface area contributed by atoms with E-state index in [0.29, 0.717) is 0 Å². The van der Waals surface area contributed by atoms with Gasteiger partial charge in [-0.15, -0.1) is 16.4 Å². The van der Waals surface area contributed by atoms with E-state index in [1.807, 2.05) is 33.0 Å². The molecule has 0 saturated heterocycles. The molecule has 18 heavy (non-hydrogen) atoms. The van der Waals surface area contributed by atoms with E-state index in [0.717, 1.165) is 20.7 Å². The van der Waals surface area contributed by atoms with Gasteiger partial charge in [0.25, 0.3) is 0 Å². The molecule has 0 aliphatic carbocycles. The largest absolute Gasteiger partial charge is 0.318 e. The van der Waals surface area contributed by atoms with Crippen LogP contribution >= 0.6 is 27.3 Å². The first kappa shape index (κ1) is 13.2. The summed E-state index contributed by atoms with van der Waals surface area (Å²) in [4.78, 5) is 0.897. The Balaban J connectivity index is 2.46. The molecule has 0 atom stereocenters. The van der Waals surface area contributed by atoms with Crippen LogP contribution in [0.5, 0.6) is 0 Å². The van der Waals surface area contributed by atoms with E-state index in [1.54, 1.807) is 11.3 Å². The quantitative estimate of drug-likeness (QED) is 0.594. The smallest absolute Gasteiger partial charge is 0.210 e. The highest BCUT2D eigenvalue weighted by Gasteiger charge is 2.04. The van der Waals surface area contributed by atoms with Gasteiger partial charge in [-0.25, -0.2) is 0 Å². The van der Waals surface area contributed by atoms with Crippen molar-refractivity contribution in [3.8, 4) is 11.3 Å². The summed E-state index contributed by atoms with van der Waals surface area (Å²) in [6, 6.07) is 8.25. The van der Waals surface area contributed by atoms with E-state index in [9.17, 15) is 0 Å².